The normalized spacial score (nSPS) is 17.4. The SMILES string of the molecule is CCn1c(=O)oc2ccc(-c3ccc(CC(C#N)NC(=O)C4CNCCCO4)cc3)cc21. The third-order valence-corrected chi connectivity index (χ3v) is 5.62. The van der Waals surface area contributed by atoms with Crippen LogP contribution in [0.5, 0.6) is 0 Å². The zero-order valence-corrected chi connectivity index (χ0v) is 18.0. The molecular weight excluding hydrogens is 408 g/mol. The van der Waals surface area contributed by atoms with Gasteiger partial charge in [-0.2, -0.15) is 5.26 Å². The second kappa shape index (κ2) is 9.81. The molecule has 8 nitrogen and oxygen atoms in total. The summed E-state index contributed by atoms with van der Waals surface area (Å²) in [7, 11) is 0. The van der Waals surface area contributed by atoms with E-state index in [1.165, 1.54) is 0 Å². The van der Waals surface area contributed by atoms with E-state index in [2.05, 4.69) is 16.7 Å². The van der Waals surface area contributed by atoms with Crippen LogP contribution in [0.15, 0.2) is 51.7 Å². The Bertz CT molecular complexity index is 1180. The number of oxazole rings is 1. The number of ether oxygens (including phenoxy) is 1. The van der Waals surface area contributed by atoms with Crippen molar-refractivity contribution in [2.45, 2.75) is 38.5 Å². The molecule has 32 heavy (non-hydrogen) atoms. The summed E-state index contributed by atoms with van der Waals surface area (Å²) in [6.07, 6.45) is 0.690. The molecule has 4 rings (SSSR count). The minimum atomic E-state index is -0.638. The number of nitriles is 1. The first-order valence-corrected chi connectivity index (χ1v) is 10.8. The number of benzene rings is 2. The van der Waals surface area contributed by atoms with Gasteiger partial charge in [-0.3, -0.25) is 9.36 Å². The average Bonchev–Trinajstić information content (AvgIpc) is 2.96. The fraction of sp³-hybridized carbons (Fsp3) is 0.375. The molecule has 8 heteroatoms. The summed E-state index contributed by atoms with van der Waals surface area (Å²) in [6, 6.07) is 15.0. The van der Waals surface area contributed by atoms with E-state index in [-0.39, 0.29) is 11.7 Å². The van der Waals surface area contributed by atoms with E-state index >= 15 is 0 Å². The third kappa shape index (κ3) is 4.74. The molecular formula is C24H26N4O4. The van der Waals surface area contributed by atoms with Crippen molar-refractivity contribution in [1.82, 2.24) is 15.2 Å². The monoisotopic (exact) mass is 434 g/mol. The van der Waals surface area contributed by atoms with E-state index in [4.69, 9.17) is 9.15 Å². The van der Waals surface area contributed by atoms with Gasteiger partial charge >= 0.3 is 5.76 Å². The van der Waals surface area contributed by atoms with Crippen molar-refractivity contribution >= 4 is 17.0 Å². The number of nitrogens with one attached hydrogen (secondary N) is 2. The van der Waals surface area contributed by atoms with Gasteiger partial charge in [0.2, 0.25) is 0 Å². The van der Waals surface area contributed by atoms with Gasteiger partial charge in [-0.05, 0) is 48.7 Å². The van der Waals surface area contributed by atoms with Crippen LogP contribution in [-0.4, -0.2) is 42.3 Å². The van der Waals surface area contributed by atoms with Gasteiger partial charge in [0.05, 0.1) is 11.6 Å². The lowest BCUT2D eigenvalue weighted by atomic mass is 10.0. The van der Waals surface area contributed by atoms with Crippen molar-refractivity contribution in [3.8, 4) is 17.2 Å². The molecule has 0 aliphatic carbocycles. The molecule has 2 N–H and O–H groups in total. The molecule has 1 saturated heterocycles. The Labute approximate surface area is 185 Å². The largest absolute Gasteiger partial charge is 0.419 e. The molecule has 166 valence electrons. The van der Waals surface area contributed by atoms with Crippen LogP contribution in [0.4, 0.5) is 0 Å². The summed E-state index contributed by atoms with van der Waals surface area (Å²) in [5.74, 6) is -0.623. The molecule has 1 aliphatic heterocycles. The van der Waals surface area contributed by atoms with Crippen LogP contribution in [0.25, 0.3) is 22.2 Å². The number of hydrogen-bond acceptors (Lipinski definition) is 6. The highest BCUT2D eigenvalue weighted by Gasteiger charge is 2.23. The van der Waals surface area contributed by atoms with E-state index in [9.17, 15) is 14.9 Å². The molecule has 0 saturated carbocycles. The maximum absolute atomic E-state index is 12.5. The minimum absolute atomic E-state index is 0.266. The molecule has 1 aliphatic rings. The lowest BCUT2D eigenvalue weighted by Gasteiger charge is -2.18. The first-order valence-electron chi connectivity index (χ1n) is 10.8. The van der Waals surface area contributed by atoms with Gasteiger partial charge in [-0.1, -0.05) is 30.3 Å². The first-order chi connectivity index (χ1) is 15.6. The summed E-state index contributed by atoms with van der Waals surface area (Å²) >= 11 is 0. The van der Waals surface area contributed by atoms with Gasteiger partial charge in [0, 0.05) is 26.1 Å². The third-order valence-electron chi connectivity index (χ3n) is 5.62. The Hall–Kier alpha value is -3.41. The molecule has 0 radical (unpaired) electrons. The molecule has 0 bridgehead atoms. The predicted octanol–water partition coefficient (Wildman–Crippen LogP) is 2.21. The summed E-state index contributed by atoms with van der Waals surface area (Å²) in [5.41, 5.74) is 4.23. The Morgan fingerprint density at radius 2 is 2.06 bits per heavy atom. The highest BCUT2D eigenvalue weighted by Crippen LogP contribution is 2.25. The Morgan fingerprint density at radius 3 is 2.81 bits per heavy atom. The van der Waals surface area contributed by atoms with Crippen LogP contribution in [0.1, 0.15) is 18.9 Å². The fourth-order valence-electron chi connectivity index (χ4n) is 3.89. The number of hydrogen-bond donors (Lipinski definition) is 2. The van der Waals surface area contributed by atoms with Gasteiger partial charge in [0.25, 0.3) is 5.91 Å². The summed E-state index contributed by atoms with van der Waals surface area (Å²) < 4.78 is 12.4. The molecule has 2 atom stereocenters. The number of aromatic nitrogens is 1. The Morgan fingerprint density at radius 1 is 1.28 bits per heavy atom. The molecule has 1 aromatic heterocycles. The van der Waals surface area contributed by atoms with Gasteiger partial charge in [0.15, 0.2) is 5.58 Å². The number of fused-ring (bicyclic) bond motifs is 1. The zero-order valence-electron chi connectivity index (χ0n) is 18.0. The quantitative estimate of drug-likeness (QED) is 0.616. The Kier molecular flexibility index (Phi) is 6.69. The molecule has 2 aromatic carbocycles. The predicted molar refractivity (Wildman–Crippen MR) is 120 cm³/mol. The van der Waals surface area contributed by atoms with Gasteiger partial charge in [-0.15, -0.1) is 0 Å². The number of carbonyl (C=O) groups excluding carboxylic acids is 1. The Balaban J connectivity index is 1.45. The van der Waals surface area contributed by atoms with Crippen LogP contribution >= 0.6 is 0 Å². The van der Waals surface area contributed by atoms with Crippen molar-refractivity contribution in [2.24, 2.45) is 0 Å². The number of amides is 1. The van der Waals surface area contributed by atoms with E-state index in [0.29, 0.717) is 31.7 Å². The molecule has 2 heterocycles. The van der Waals surface area contributed by atoms with Crippen LogP contribution in [0, 0.1) is 11.3 Å². The number of nitrogens with zero attached hydrogens (tertiary/aromatic N) is 2. The summed E-state index contributed by atoms with van der Waals surface area (Å²) in [4.78, 5) is 24.4. The lowest BCUT2D eigenvalue weighted by Crippen LogP contribution is -2.46. The minimum Gasteiger partial charge on any atom is -0.408 e. The van der Waals surface area contributed by atoms with Gasteiger partial charge in [-0.25, -0.2) is 4.79 Å². The van der Waals surface area contributed by atoms with Crippen LogP contribution in [0.2, 0.25) is 0 Å². The number of aryl methyl sites for hydroxylation is 1. The topological polar surface area (TPSA) is 109 Å². The van der Waals surface area contributed by atoms with Gasteiger partial charge < -0.3 is 19.8 Å². The highest BCUT2D eigenvalue weighted by molar-refractivity contribution is 5.82. The van der Waals surface area contributed by atoms with Crippen molar-refractivity contribution in [1.29, 1.82) is 5.26 Å². The van der Waals surface area contributed by atoms with E-state index in [1.807, 2.05) is 43.3 Å². The van der Waals surface area contributed by atoms with Crippen molar-refractivity contribution in [3.63, 3.8) is 0 Å². The van der Waals surface area contributed by atoms with Crippen molar-refractivity contribution in [2.75, 3.05) is 19.7 Å². The zero-order chi connectivity index (χ0) is 22.5. The van der Waals surface area contributed by atoms with E-state index < -0.39 is 12.1 Å². The second-order valence-electron chi connectivity index (χ2n) is 7.80. The maximum atomic E-state index is 12.5. The molecule has 1 fully saturated rings. The molecule has 0 spiro atoms. The number of carbonyl (C=O) groups is 1. The van der Waals surface area contributed by atoms with Gasteiger partial charge in [0.1, 0.15) is 12.1 Å². The molecule has 2 unspecified atom stereocenters. The summed E-state index contributed by atoms with van der Waals surface area (Å²) in [6.45, 7) is 4.24. The second-order valence-corrected chi connectivity index (χ2v) is 7.80. The average molecular weight is 434 g/mol. The highest BCUT2D eigenvalue weighted by atomic mass is 16.5. The standard InChI is InChI=1S/C24H26N4O4/c1-2-28-20-13-18(8-9-21(20)32-24(28)30)17-6-4-16(5-7-17)12-19(14-25)27-23(29)22-15-26-10-3-11-31-22/h4-9,13,19,22,26H,2-3,10-12,15H2,1H3,(H,27,29). The van der Waals surface area contributed by atoms with Crippen molar-refractivity contribution < 1.29 is 13.9 Å². The number of rotatable bonds is 6. The smallest absolute Gasteiger partial charge is 0.408 e. The summed E-state index contributed by atoms with van der Waals surface area (Å²) in [5, 5.41) is 15.5. The fourth-order valence-corrected chi connectivity index (χ4v) is 3.89. The first kappa shape index (κ1) is 21.8. The van der Waals surface area contributed by atoms with E-state index in [0.717, 1.165) is 35.2 Å². The maximum Gasteiger partial charge on any atom is 0.419 e. The van der Waals surface area contributed by atoms with E-state index in [1.54, 1.807) is 10.6 Å². The van der Waals surface area contributed by atoms with Crippen LogP contribution in [-0.2, 0) is 22.5 Å². The molecule has 3 aromatic rings. The van der Waals surface area contributed by atoms with Crippen LogP contribution in [0.3, 0.4) is 0 Å². The lowest BCUT2D eigenvalue weighted by molar-refractivity contribution is -0.132. The van der Waals surface area contributed by atoms with Crippen molar-refractivity contribution in [3.05, 3.63) is 58.6 Å². The molecule has 1 amide bonds. The van der Waals surface area contributed by atoms with Crippen LogP contribution < -0.4 is 16.4 Å².